The molecule has 0 aliphatic carbocycles. The molecule has 2 aliphatic rings. The second-order valence-electron chi connectivity index (χ2n) is 7.92. The summed E-state index contributed by atoms with van der Waals surface area (Å²) in [6, 6.07) is 11.6. The van der Waals surface area contributed by atoms with Gasteiger partial charge in [0.2, 0.25) is 0 Å². The van der Waals surface area contributed by atoms with E-state index < -0.39 is 0 Å². The maximum atomic E-state index is 13.1. The number of hydrogen-bond acceptors (Lipinski definition) is 2. The summed E-state index contributed by atoms with van der Waals surface area (Å²) >= 11 is 0. The average molecular weight is 415 g/mol. The number of hydrogen-bond donors (Lipinski definition) is 1. The number of piperidine rings is 1. The number of rotatable bonds is 5. The number of carbonyl (C=O) groups is 1. The largest absolute Gasteiger partial charge is 0.412 e. The predicted molar refractivity (Wildman–Crippen MR) is 106 cm³/mol. The molecule has 3 unspecified atom stereocenters. The van der Waals surface area contributed by atoms with Crippen molar-refractivity contribution in [3.8, 4) is 0 Å². The molecule has 142 valence electrons. The molecule has 0 radical (unpaired) electrons. The van der Waals surface area contributed by atoms with Gasteiger partial charge in [0.05, 0.1) is 37.7 Å². The van der Waals surface area contributed by atoms with Crippen LogP contribution in [0.4, 0.5) is 0 Å². The predicted octanol–water partition coefficient (Wildman–Crippen LogP) is 2.88. The van der Waals surface area contributed by atoms with Crippen molar-refractivity contribution in [1.29, 1.82) is 0 Å². The van der Waals surface area contributed by atoms with Gasteiger partial charge in [0, 0.05) is 31.6 Å². The van der Waals surface area contributed by atoms with E-state index in [0.29, 0.717) is 18.1 Å². The van der Waals surface area contributed by atoms with Gasteiger partial charge in [-0.05, 0) is 19.4 Å². The lowest BCUT2D eigenvalue weighted by molar-refractivity contribution is -0.968. The Hall–Kier alpha value is -0.750. The van der Waals surface area contributed by atoms with Gasteiger partial charge in [0.1, 0.15) is 5.78 Å². The summed E-state index contributed by atoms with van der Waals surface area (Å²) in [6.45, 7) is 4.55. The van der Waals surface area contributed by atoms with Gasteiger partial charge in [-0.25, -0.2) is 0 Å². The zero-order chi connectivity index (χ0) is 16.6. The molecule has 3 rings (SSSR count). The van der Waals surface area contributed by atoms with Crippen LogP contribution in [0.25, 0.3) is 0 Å². The molecular weight excluding hydrogens is 382 g/mol. The Morgan fingerprint density at radius 1 is 1.16 bits per heavy atom. The number of ketones is 1. The molecule has 1 aromatic carbocycles. The van der Waals surface area contributed by atoms with E-state index in [1.165, 1.54) is 12.8 Å². The first-order valence-electron chi connectivity index (χ1n) is 9.03. The highest BCUT2D eigenvalue weighted by Gasteiger charge is 2.54. The van der Waals surface area contributed by atoms with Crippen molar-refractivity contribution in [1.82, 2.24) is 0 Å². The van der Waals surface area contributed by atoms with Crippen LogP contribution in [0.5, 0.6) is 0 Å². The van der Waals surface area contributed by atoms with Gasteiger partial charge in [-0.3, -0.25) is 4.79 Å². The SMILES string of the molecule is Br.CC(C)[N+]1(C)[C@@H]2CC[C@H]1CC(C(=O)C(CO)c1ccccc1)C2.O. The number of halogens is 1. The van der Waals surface area contributed by atoms with E-state index in [1.54, 1.807) is 0 Å². The Bertz CT molecular complexity index is 549. The molecule has 0 amide bonds. The summed E-state index contributed by atoms with van der Waals surface area (Å²) in [7, 11) is 2.38. The molecule has 0 aromatic heterocycles. The summed E-state index contributed by atoms with van der Waals surface area (Å²) in [5.41, 5.74) is 0.957. The lowest BCUT2D eigenvalue weighted by Crippen LogP contribution is -2.62. The molecule has 5 heteroatoms. The van der Waals surface area contributed by atoms with E-state index in [9.17, 15) is 9.90 Å². The third-order valence-corrected chi connectivity index (χ3v) is 6.76. The Morgan fingerprint density at radius 2 is 1.68 bits per heavy atom. The maximum absolute atomic E-state index is 13.1. The smallest absolute Gasteiger partial charge is 0.146 e. The second-order valence-corrected chi connectivity index (χ2v) is 7.92. The summed E-state index contributed by atoms with van der Waals surface area (Å²) < 4.78 is 1.14. The molecule has 2 fully saturated rings. The van der Waals surface area contributed by atoms with Crippen molar-refractivity contribution in [3.63, 3.8) is 0 Å². The van der Waals surface area contributed by atoms with Gasteiger partial charge in [-0.1, -0.05) is 30.3 Å². The van der Waals surface area contributed by atoms with E-state index in [-0.39, 0.29) is 46.7 Å². The molecular formula is C20H33BrNO3+. The number of aliphatic hydroxyl groups is 1. The van der Waals surface area contributed by atoms with Crippen LogP contribution in [0.15, 0.2) is 30.3 Å². The van der Waals surface area contributed by atoms with E-state index in [2.05, 4.69) is 20.9 Å². The molecule has 1 aromatic rings. The highest BCUT2D eigenvalue weighted by atomic mass is 79.9. The molecule has 3 N–H and O–H groups in total. The lowest BCUT2D eigenvalue weighted by atomic mass is 9.79. The van der Waals surface area contributed by atoms with E-state index in [0.717, 1.165) is 22.9 Å². The van der Waals surface area contributed by atoms with Gasteiger partial charge in [-0.15, -0.1) is 17.0 Å². The number of quaternary nitrogens is 1. The van der Waals surface area contributed by atoms with Crippen LogP contribution in [0.3, 0.4) is 0 Å². The van der Waals surface area contributed by atoms with Crippen LogP contribution >= 0.6 is 17.0 Å². The number of fused-ring (bicyclic) bond motifs is 2. The van der Waals surface area contributed by atoms with Crippen molar-refractivity contribution < 1.29 is 19.9 Å². The van der Waals surface area contributed by atoms with Crippen LogP contribution in [0.2, 0.25) is 0 Å². The standard InChI is InChI=1S/C20H30NO2.BrH.H2O/c1-14(2)21(3)17-9-10-18(21)12-16(11-17)20(23)19(13-22)15-7-5-4-6-8-15;;/h4-8,14,16-19,22H,9-13H2,1-3H3;1H;1H2/q+1;;/t16?,17-,18+,19?,21?;;. The van der Waals surface area contributed by atoms with Crippen molar-refractivity contribution >= 4 is 22.8 Å². The minimum Gasteiger partial charge on any atom is -0.412 e. The first kappa shape index (κ1) is 22.3. The average Bonchev–Trinajstić information content (AvgIpc) is 2.75. The van der Waals surface area contributed by atoms with Crippen molar-refractivity contribution in [2.45, 2.75) is 63.6 Å². The van der Waals surface area contributed by atoms with Gasteiger partial charge >= 0.3 is 0 Å². The third kappa shape index (κ3) is 3.85. The van der Waals surface area contributed by atoms with Gasteiger partial charge in [0.15, 0.2) is 0 Å². The monoisotopic (exact) mass is 414 g/mol. The molecule has 0 spiro atoms. The number of nitrogens with zero attached hydrogens (tertiary/aromatic N) is 1. The normalized spacial score (nSPS) is 31.8. The van der Waals surface area contributed by atoms with Crippen LogP contribution < -0.4 is 0 Å². The van der Waals surface area contributed by atoms with E-state index in [1.807, 2.05) is 30.3 Å². The van der Waals surface area contributed by atoms with Crippen molar-refractivity contribution in [3.05, 3.63) is 35.9 Å². The Morgan fingerprint density at radius 3 is 2.12 bits per heavy atom. The molecule has 2 bridgehead atoms. The first-order valence-corrected chi connectivity index (χ1v) is 9.03. The van der Waals surface area contributed by atoms with Crippen LogP contribution in [0, 0.1) is 5.92 Å². The fourth-order valence-electron chi connectivity index (χ4n) is 5.09. The van der Waals surface area contributed by atoms with Crippen molar-refractivity contribution in [2.75, 3.05) is 13.7 Å². The zero-order valence-corrected chi connectivity index (χ0v) is 17.2. The van der Waals surface area contributed by atoms with Gasteiger partial charge < -0.3 is 15.1 Å². The Labute approximate surface area is 161 Å². The van der Waals surface area contributed by atoms with Crippen LogP contribution in [0.1, 0.15) is 51.0 Å². The van der Waals surface area contributed by atoms with Gasteiger partial charge in [0.25, 0.3) is 0 Å². The molecule has 2 aliphatic heterocycles. The molecule has 2 heterocycles. The molecule has 5 atom stereocenters. The molecule has 2 saturated heterocycles. The summed E-state index contributed by atoms with van der Waals surface area (Å²) in [5, 5.41) is 9.79. The topological polar surface area (TPSA) is 68.8 Å². The van der Waals surface area contributed by atoms with E-state index in [4.69, 9.17) is 0 Å². The Kier molecular flexibility index (Phi) is 7.81. The number of aliphatic hydroxyl groups excluding tert-OH is 1. The fourth-order valence-corrected chi connectivity index (χ4v) is 5.09. The highest BCUT2D eigenvalue weighted by Crippen LogP contribution is 2.46. The minimum atomic E-state index is -0.350. The quantitative estimate of drug-likeness (QED) is 0.752. The van der Waals surface area contributed by atoms with E-state index >= 15 is 0 Å². The fraction of sp³-hybridized carbons (Fsp3) is 0.650. The number of Topliss-reactive ketones (excluding diaryl/α,β-unsaturated/α-hetero) is 1. The molecule has 4 nitrogen and oxygen atoms in total. The van der Waals surface area contributed by atoms with Gasteiger partial charge in [-0.2, -0.15) is 0 Å². The summed E-state index contributed by atoms with van der Waals surface area (Å²) in [5.74, 6) is 0.0249. The Balaban J connectivity index is 0.00000156. The minimum absolute atomic E-state index is 0. The number of benzene rings is 1. The van der Waals surface area contributed by atoms with Crippen LogP contribution in [-0.4, -0.2) is 52.6 Å². The maximum Gasteiger partial charge on any atom is 0.146 e. The summed E-state index contributed by atoms with van der Waals surface area (Å²) in [4.78, 5) is 13.1. The van der Waals surface area contributed by atoms with Crippen molar-refractivity contribution in [2.24, 2.45) is 5.92 Å². The summed E-state index contributed by atoms with van der Waals surface area (Å²) in [6.07, 6.45) is 4.48. The molecule has 25 heavy (non-hydrogen) atoms. The van der Waals surface area contributed by atoms with Crippen LogP contribution in [-0.2, 0) is 4.79 Å². The highest BCUT2D eigenvalue weighted by molar-refractivity contribution is 8.93. The number of carbonyl (C=O) groups excluding carboxylic acids is 1. The lowest BCUT2D eigenvalue weighted by Gasteiger charge is -2.50. The molecule has 0 saturated carbocycles. The first-order chi connectivity index (χ1) is 11.0. The third-order valence-electron chi connectivity index (χ3n) is 6.76. The zero-order valence-electron chi connectivity index (χ0n) is 15.5. The second kappa shape index (κ2) is 8.76.